The highest BCUT2D eigenvalue weighted by molar-refractivity contribution is 6.15. The molecule has 5 aromatic rings. The molecule has 0 bridgehead atoms. The van der Waals surface area contributed by atoms with E-state index in [9.17, 15) is 14.0 Å². The van der Waals surface area contributed by atoms with Crippen molar-refractivity contribution in [2.75, 3.05) is 6.61 Å². The van der Waals surface area contributed by atoms with Crippen LogP contribution in [0.15, 0.2) is 73.1 Å². The quantitative estimate of drug-likeness (QED) is 0.301. The molecule has 2 aromatic heterocycles. The zero-order valence-corrected chi connectivity index (χ0v) is 16.6. The molecule has 0 N–H and O–H groups in total. The molecule has 3 aromatic carbocycles. The predicted octanol–water partition coefficient (Wildman–Crippen LogP) is 5.19. The molecule has 2 heterocycles. The van der Waals surface area contributed by atoms with Gasteiger partial charge in [0.15, 0.2) is 0 Å². The van der Waals surface area contributed by atoms with Crippen molar-refractivity contribution in [3.05, 3.63) is 95.7 Å². The predicted molar refractivity (Wildman–Crippen MR) is 116 cm³/mol. The van der Waals surface area contributed by atoms with E-state index in [1.807, 2.05) is 36.4 Å². The van der Waals surface area contributed by atoms with Crippen molar-refractivity contribution in [3.63, 3.8) is 0 Å². The van der Waals surface area contributed by atoms with Crippen LogP contribution in [0.5, 0.6) is 0 Å². The van der Waals surface area contributed by atoms with Crippen LogP contribution >= 0.6 is 0 Å². The zero-order valence-electron chi connectivity index (χ0n) is 16.6. The highest BCUT2D eigenvalue weighted by Crippen LogP contribution is 2.28. The second kappa shape index (κ2) is 7.32. The fourth-order valence-electron chi connectivity index (χ4n) is 3.87. The van der Waals surface area contributed by atoms with Crippen molar-refractivity contribution >= 4 is 38.9 Å². The van der Waals surface area contributed by atoms with Gasteiger partial charge >= 0.3 is 5.97 Å². The third-order valence-electron chi connectivity index (χ3n) is 5.30. The van der Waals surface area contributed by atoms with Crippen LogP contribution in [0, 0.1) is 5.82 Å². The van der Waals surface area contributed by atoms with Gasteiger partial charge in [0, 0.05) is 17.0 Å². The third-order valence-corrected chi connectivity index (χ3v) is 5.30. The van der Waals surface area contributed by atoms with Crippen LogP contribution < -0.4 is 0 Å². The average Bonchev–Trinajstić information content (AvgIpc) is 3.18. The monoisotopic (exact) mass is 412 g/mol. The van der Waals surface area contributed by atoms with E-state index in [1.165, 1.54) is 24.5 Å². The van der Waals surface area contributed by atoms with Gasteiger partial charge in [0.2, 0.25) is 5.78 Å². The molecule has 0 saturated carbocycles. The molecular formula is C25H17FN2O3. The van der Waals surface area contributed by atoms with Crippen molar-refractivity contribution in [2.24, 2.45) is 0 Å². The molecule has 6 heteroatoms. The Bertz CT molecular complexity index is 1500. The maximum atomic E-state index is 13.7. The van der Waals surface area contributed by atoms with E-state index in [0.717, 1.165) is 10.8 Å². The van der Waals surface area contributed by atoms with Gasteiger partial charge in [-0.15, -0.1) is 0 Å². The highest BCUT2D eigenvalue weighted by atomic mass is 19.1. The Hall–Kier alpha value is -4.06. The maximum absolute atomic E-state index is 13.7. The molecule has 0 radical (unpaired) electrons. The lowest BCUT2D eigenvalue weighted by Gasteiger charge is -2.07. The molecule has 0 aliphatic heterocycles. The van der Waals surface area contributed by atoms with Crippen molar-refractivity contribution in [2.45, 2.75) is 6.92 Å². The van der Waals surface area contributed by atoms with E-state index < -0.39 is 11.8 Å². The number of benzene rings is 3. The van der Waals surface area contributed by atoms with Crippen LogP contribution in [-0.2, 0) is 4.74 Å². The fourth-order valence-corrected chi connectivity index (χ4v) is 3.87. The molecule has 0 aliphatic rings. The van der Waals surface area contributed by atoms with Crippen LogP contribution in [0.1, 0.15) is 33.3 Å². The number of aromatic nitrogens is 2. The Balaban J connectivity index is 1.75. The van der Waals surface area contributed by atoms with Gasteiger partial charge in [-0.3, -0.25) is 9.20 Å². The van der Waals surface area contributed by atoms with Gasteiger partial charge in [-0.25, -0.2) is 14.2 Å². The second-order valence-electron chi connectivity index (χ2n) is 7.18. The van der Waals surface area contributed by atoms with Crippen molar-refractivity contribution in [1.82, 2.24) is 9.38 Å². The summed E-state index contributed by atoms with van der Waals surface area (Å²) >= 11 is 0. The summed E-state index contributed by atoms with van der Waals surface area (Å²) in [6.45, 7) is 1.91. The normalized spacial score (nSPS) is 11.3. The lowest BCUT2D eigenvalue weighted by atomic mass is 10.0. The third kappa shape index (κ3) is 3.13. The van der Waals surface area contributed by atoms with Crippen molar-refractivity contribution in [3.8, 4) is 0 Å². The van der Waals surface area contributed by atoms with Crippen LogP contribution in [0.25, 0.3) is 27.2 Å². The molecule has 0 fully saturated rings. The molecular weight excluding hydrogens is 395 g/mol. The number of ketones is 1. The van der Waals surface area contributed by atoms with Gasteiger partial charge in [0.1, 0.15) is 12.1 Å². The summed E-state index contributed by atoms with van der Waals surface area (Å²) in [4.78, 5) is 30.4. The van der Waals surface area contributed by atoms with Gasteiger partial charge in [0.25, 0.3) is 0 Å². The Labute approximate surface area is 176 Å². The Morgan fingerprint density at radius 1 is 1.00 bits per heavy atom. The van der Waals surface area contributed by atoms with E-state index in [1.54, 1.807) is 23.5 Å². The highest BCUT2D eigenvalue weighted by Gasteiger charge is 2.23. The van der Waals surface area contributed by atoms with Gasteiger partial charge in [-0.1, -0.05) is 36.4 Å². The standard InChI is InChI=1S/C25H17FN2O3/c1-2-31-25(30)20-13-22(24(29)17-8-7-15-5-3-4-6-16(15)11-17)28-14-27-21-12-18(26)9-10-19(21)23(20)28/h3-14H,2H2,1H3. The van der Waals surface area contributed by atoms with Crippen molar-refractivity contribution in [1.29, 1.82) is 0 Å². The van der Waals surface area contributed by atoms with Gasteiger partial charge in [0.05, 0.1) is 28.9 Å². The minimum atomic E-state index is -0.547. The van der Waals surface area contributed by atoms with Gasteiger partial charge in [-0.2, -0.15) is 0 Å². The van der Waals surface area contributed by atoms with E-state index in [2.05, 4.69) is 4.98 Å². The molecule has 0 aliphatic carbocycles. The van der Waals surface area contributed by atoms with Crippen LogP contribution in [0.2, 0.25) is 0 Å². The molecule has 0 unspecified atom stereocenters. The van der Waals surface area contributed by atoms with Crippen LogP contribution in [0.4, 0.5) is 4.39 Å². The first-order valence-electron chi connectivity index (χ1n) is 9.87. The number of nitrogens with zero attached hydrogens (tertiary/aromatic N) is 2. The molecule has 0 saturated heterocycles. The molecule has 5 rings (SSSR count). The number of fused-ring (bicyclic) bond motifs is 4. The lowest BCUT2D eigenvalue weighted by Crippen LogP contribution is -2.06. The summed E-state index contributed by atoms with van der Waals surface area (Å²) in [5.74, 6) is -1.23. The van der Waals surface area contributed by atoms with E-state index in [4.69, 9.17) is 4.74 Å². The molecule has 31 heavy (non-hydrogen) atoms. The van der Waals surface area contributed by atoms with E-state index >= 15 is 0 Å². The first-order chi connectivity index (χ1) is 15.1. The average molecular weight is 412 g/mol. The summed E-state index contributed by atoms with van der Waals surface area (Å²) in [5, 5.41) is 2.53. The SMILES string of the molecule is CCOC(=O)c1cc(C(=O)c2ccc3ccccc3c2)n2cnc3cc(F)ccc3c12. The summed E-state index contributed by atoms with van der Waals surface area (Å²) in [6.07, 6.45) is 1.44. The molecule has 152 valence electrons. The maximum Gasteiger partial charge on any atom is 0.340 e. The number of ether oxygens (including phenoxy) is 1. The van der Waals surface area contributed by atoms with Gasteiger partial charge in [-0.05, 0) is 42.0 Å². The first-order valence-corrected chi connectivity index (χ1v) is 9.87. The minimum Gasteiger partial charge on any atom is -0.462 e. The Kier molecular flexibility index (Phi) is 4.47. The minimum absolute atomic E-state index is 0.196. The summed E-state index contributed by atoms with van der Waals surface area (Å²) in [5.41, 5.74) is 1.87. The fraction of sp³-hybridized carbons (Fsp3) is 0.0800. The number of carbonyl (C=O) groups is 2. The molecule has 5 nitrogen and oxygen atoms in total. The molecule has 0 atom stereocenters. The van der Waals surface area contributed by atoms with E-state index in [0.29, 0.717) is 22.0 Å². The summed E-state index contributed by atoms with van der Waals surface area (Å²) in [7, 11) is 0. The van der Waals surface area contributed by atoms with Crippen LogP contribution in [0.3, 0.4) is 0 Å². The summed E-state index contributed by atoms with van der Waals surface area (Å²) < 4.78 is 20.5. The number of halogens is 1. The smallest absolute Gasteiger partial charge is 0.340 e. The second-order valence-corrected chi connectivity index (χ2v) is 7.18. The Morgan fingerprint density at radius 2 is 1.81 bits per heavy atom. The summed E-state index contributed by atoms with van der Waals surface area (Å²) in [6, 6.07) is 18.9. The lowest BCUT2D eigenvalue weighted by molar-refractivity contribution is 0.0529. The topological polar surface area (TPSA) is 60.7 Å². The van der Waals surface area contributed by atoms with Crippen LogP contribution in [-0.4, -0.2) is 27.7 Å². The first kappa shape index (κ1) is 18.9. The number of carbonyl (C=O) groups excluding carboxylic acids is 2. The number of hydrogen-bond donors (Lipinski definition) is 0. The number of rotatable bonds is 4. The van der Waals surface area contributed by atoms with Crippen molar-refractivity contribution < 1.29 is 18.7 Å². The zero-order chi connectivity index (χ0) is 21.5. The largest absolute Gasteiger partial charge is 0.462 e. The molecule has 0 spiro atoms. The Morgan fingerprint density at radius 3 is 2.61 bits per heavy atom. The van der Waals surface area contributed by atoms with Gasteiger partial charge < -0.3 is 4.74 Å². The number of esters is 1. The number of hydrogen-bond acceptors (Lipinski definition) is 4. The molecule has 0 amide bonds. The van der Waals surface area contributed by atoms with E-state index in [-0.39, 0.29) is 23.6 Å².